The molecule has 2 rings (SSSR count). The van der Waals surface area contributed by atoms with E-state index in [1.165, 1.54) is 8.52 Å². The molecule has 0 amide bonds. The van der Waals surface area contributed by atoms with Gasteiger partial charge in [0, 0.05) is 17.6 Å². The van der Waals surface area contributed by atoms with E-state index < -0.39 is 0 Å². The molecule has 1 heterocycles. The molecule has 2 aromatic rings. The van der Waals surface area contributed by atoms with Crippen molar-refractivity contribution in [3.05, 3.63) is 56.0 Å². The van der Waals surface area contributed by atoms with Gasteiger partial charge < -0.3 is 0 Å². The van der Waals surface area contributed by atoms with E-state index in [1.807, 2.05) is 44.2 Å². The van der Waals surface area contributed by atoms with Gasteiger partial charge in [-0.25, -0.2) is 13.3 Å². The van der Waals surface area contributed by atoms with Crippen LogP contribution in [-0.2, 0) is 6.54 Å². The summed E-state index contributed by atoms with van der Waals surface area (Å²) in [6, 6.07) is 9.55. The van der Waals surface area contributed by atoms with Gasteiger partial charge in [0.1, 0.15) is 0 Å². The molecule has 0 saturated carbocycles. The van der Waals surface area contributed by atoms with E-state index in [0.717, 1.165) is 17.1 Å². The van der Waals surface area contributed by atoms with Crippen molar-refractivity contribution in [1.82, 2.24) is 8.52 Å². The minimum absolute atomic E-state index is 0.0942. The fourth-order valence-electron chi connectivity index (χ4n) is 1.66. The van der Waals surface area contributed by atoms with Gasteiger partial charge in [-0.3, -0.25) is 4.79 Å². The fourth-order valence-corrected chi connectivity index (χ4v) is 2.60. The van der Waals surface area contributed by atoms with E-state index in [0.29, 0.717) is 6.54 Å². The van der Waals surface area contributed by atoms with E-state index in [9.17, 15) is 9.59 Å². The van der Waals surface area contributed by atoms with E-state index in [4.69, 9.17) is 0 Å². The monoisotopic (exact) mass is 250 g/mol. The van der Waals surface area contributed by atoms with E-state index >= 15 is 0 Å². The normalized spacial score (nSPS) is 11.0. The molecule has 1 aromatic heterocycles. The van der Waals surface area contributed by atoms with Gasteiger partial charge in [0.25, 0.3) is 0 Å². The summed E-state index contributed by atoms with van der Waals surface area (Å²) in [5.41, 5.74) is 0.797. The maximum atomic E-state index is 12.0. The van der Waals surface area contributed by atoms with Crippen LogP contribution in [0.25, 0.3) is 0 Å². The summed E-state index contributed by atoms with van der Waals surface area (Å²) >= 11 is 0.976. The van der Waals surface area contributed by atoms with Crippen molar-refractivity contribution in [2.75, 3.05) is 0 Å². The van der Waals surface area contributed by atoms with Crippen LogP contribution in [0.3, 0.4) is 0 Å². The molecule has 0 unspecified atom stereocenters. The standard InChI is InChI=1S/C12H14N2O2S/c1-9(2)14-11(15)13(17-12(14)16)8-10-6-4-3-5-7-10/h3-7,9H,8H2,1-2H3. The Bertz CT molecular complexity index is 607. The predicted octanol–water partition coefficient (Wildman–Crippen LogP) is 1.70. The van der Waals surface area contributed by atoms with Gasteiger partial charge >= 0.3 is 10.6 Å². The highest BCUT2D eigenvalue weighted by atomic mass is 32.1. The van der Waals surface area contributed by atoms with Crippen LogP contribution in [0.5, 0.6) is 0 Å². The van der Waals surface area contributed by atoms with Crippen LogP contribution in [-0.4, -0.2) is 8.52 Å². The molecular formula is C12H14N2O2S. The van der Waals surface area contributed by atoms with Crippen LogP contribution in [0.2, 0.25) is 0 Å². The molecule has 90 valence electrons. The first-order chi connectivity index (χ1) is 8.09. The number of aromatic nitrogens is 2. The van der Waals surface area contributed by atoms with E-state index in [2.05, 4.69) is 0 Å². The Hall–Kier alpha value is -1.62. The highest BCUT2D eigenvalue weighted by Crippen LogP contribution is 2.03. The molecule has 1 aromatic carbocycles. The van der Waals surface area contributed by atoms with Gasteiger partial charge in [-0.1, -0.05) is 30.3 Å². The summed E-state index contributed by atoms with van der Waals surface area (Å²) in [4.78, 5) is 23.4. The highest BCUT2D eigenvalue weighted by molar-refractivity contribution is 7.03. The van der Waals surface area contributed by atoms with Gasteiger partial charge in [0.2, 0.25) is 0 Å². The summed E-state index contributed by atoms with van der Waals surface area (Å²) in [6.07, 6.45) is 0. The minimum Gasteiger partial charge on any atom is -0.255 e. The molecule has 0 aliphatic rings. The zero-order valence-corrected chi connectivity index (χ0v) is 10.6. The number of rotatable bonds is 3. The molecule has 0 spiro atoms. The van der Waals surface area contributed by atoms with Crippen LogP contribution in [0.15, 0.2) is 39.9 Å². The van der Waals surface area contributed by atoms with Crippen molar-refractivity contribution in [3.63, 3.8) is 0 Å². The molecule has 4 nitrogen and oxygen atoms in total. The van der Waals surface area contributed by atoms with Crippen molar-refractivity contribution >= 4 is 11.5 Å². The Balaban J connectivity index is 2.39. The molecule has 0 aliphatic heterocycles. The van der Waals surface area contributed by atoms with Gasteiger partial charge in [0.05, 0.1) is 6.54 Å². The first-order valence-corrected chi connectivity index (χ1v) is 6.23. The zero-order chi connectivity index (χ0) is 12.4. The topological polar surface area (TPSA) is 44.0 Å². The Morgan fingerprint density at radius 2 is 1.82 bits per heavy atom. The molecule has 17 heavy (non-hydrogen) atoms. The first-order valence-electron chi connectivity index (χ1n) is 5.46. The molecule has 0 aliphatic carbocycles. The smallest absolute Gasteiger partial charge is 0.255 e. The van der Waals surface area contributed by atoms with Crippen LogP contribution >= 0.6 is 11.5 Å². The first kappa shape index (κ1) is 11.9. The number of benzene rings is 1. The van der Waals surface area contributed by atoms with Crippen molar-refractivity contribution in [1.29, 1.82) is 0 Å². The summed E-state index contributed by atoms with van der Waals surface area (Å²) in [5.74, 6) is 0. The lowest BCUT2D eigenvalue weighted by molar-refractivity contribution is 0.549. The molecule has 0 radical (unpaired) electrons. The summed E-state index contributed by atoms with van der Waals surface area (Å²) in [7, 11) is 0. The summed E-state index contributed by atoms with van der Waals surface area (Å²) in [6.45, 7) is 4.13. The molecule has 5 heteroatoms. The van der Waals surface area contributed by atoms with Crippen molar-refractivity contribution in [2.24, 2.45) is 0 Å². The highest BCUT2D eigenvalue weighted by Gasteiger charge is 2.12. The third kappa shape index (κ3) is 2.39. The second-order valence-electron chi connectivity index (χ2n) is 4.13. The van der Waals surface area contributed by atoms with Gasteiger partial charge in [0.15, 0.2) is 0 Å². The molecule has 0 saturated heterocycles. The number of hydrogen-bond donors (Lipinski definition) is 0. The van der Waals surface area contributed by atoms with Crippen molar-refractivity contribution < 1.29 is 0 Å². The van der Waals surface area contributed by atoms with Crippen molar-refractivity contribution in [2.45, 2.75) is 26.4 Å². The molecule has 0 bridgehead atoms. The van der Waals surface area contributed by atoms with E-state index in [-0.39, 0.29) is 16.6 Å². The third-order valence-electron chi connectivity index (χ3n) is 2.49. The molecule has 0 fully saturated rings. The lowest BCUT2D eigenvalue weighted by Gasteiger charge is -2.02. The van der Waals surface area contributed by atoms with Crippen LogP contribution in [0, 0.1) is 0 Å². The molecular weight excluding hydrogens is 236 g/mol. The maximum absolute atomic E-state index is 12.0. The van der Waals surface area contributed by atoms with Crippen LogP contribution in [0.4, 0.5) is 0 Å². The quantitative estimate of drug-likeness (QED) is 0.832. The number of hydrogen-bond acceptors (Lipinski definition) is 3. The summed E-state index contributed by atoms with van der Waals surface area (Å²) in [5, 5.41) is 0. The Morgan fingerprint density at radius 3 is 2.35 bits per heavy atom. The minimum atomic E-state index is -0.223. The lowest BCUT2D eigenvalue weighted by atomic mass is 10.2. The second-order valence-corrected chi connectivity index (χ2v) is 5.10. The van der Waals surface area contributed by atoms with Gasteiger partial charge in [-0.05, 0) is 19.4 Å². The zero-order valence-electron chi connectivity index (χ0n) is 9.79. The lowest BCUT2D eigenvalue weighted by Crippen LogP contribution is -2.30. The van der Waals surface area contributed by atoms with E-state index in [1.54, 1.807) is 0 Å². The summed E-state index contributed by atoms with van der Waals surface area (Å²) < 4.78 is 2.78. The van der Waals surface area contributed by atoms with Crippen LogP contribution < -0.4 is 10.6 Å². The van der Waals surface area contributed by atoms with Gasteiger partial charge in [-0.15, -0.1) is 0 Å². The van der Waals surface area contributed by atoms with Gasteiger partial charge in [-0.2, -0.15) is 0 Å². The third-order valence-corrected chi connectivity index (χ3v) is 3.35. The Kier molecular flexibility index (Phi) is 3.28. The van der Waals surface area contributed by atoms with Crippen LogP contribution in [0.1, 0.15) is 25.5 Å². The maximum Gasteiger partial charge on any atom is 0.341 e. The Labute approximate surface area is 103 Å². The molecule has 0 atom stereocenters. The predicted molar refractivity (Wildman–Crippen MR) is 68.8 cm³/mol. The molecule has 0 N–H and O–H groups in total. The average molecular weight is 250 g/mol. The average Bonchev–Trinajstić information content (AvgIpc) is 2.55. The largest absolute Gasteiger partial charge is 0.341 e. The fraction of sp³-hybridized carbons (Fsp3) is 0.333. The SMILES string of the molecule is CC(C)n1c(=O)sn(Cc2ccccc2)c1=O. The number of nitrogens with zero attached hydrogens (tertiary/aromatic N) is 2. The van der Waals surface area contributed by atoms with Crippen molar-refractivity contribution in [3.8, 4) is 0 Å². The second kappa shape index (κ2) is 4.71. The Morgan fingerprint density at radius 1 is 1.18 bits per heavy atom.